The first-order valence-electron chi connectivity index (χ1n) is 9.81. The summed E-state index contributed by atoms with van der Waals surface area (Å²) in [6.07, 6.45) is 1.43. The molecular weight excluding hydrogens is 417 g/mol. The number of halogens is 2. The molecule has 2 N–H and O–H groups in total. The Morgan fingerprint density at radius 2 is 1.97 bits per heavy atom. The number of amidine groups is 1. The maximum Gasteiger partial charge on any atom is 0.259 e. The molecule has 0 bridgehead atoms. The molecule has 2 aromatic carbocycles. The van der Waals surface area contributed by atoms with Gasteiger partial charge < -0.3 is 15.5 Å². The van der Waals surface area contributed by atoms with E-state index in [1.165, 1.54) is 18.3 Å². The zero-order valence-electron chi connectivity index (χ0n) is 16.9. The Kier molecular flexibility index (Phi) is 6.13. The lowest BCUT2D eigenvalue weighted by Gasteiger charge is -2.15. The standard InChI is InChI=1S/C23H21ClFN5O/c1-30-11-10-26-22(30)16-4-2-15(3-5-16)13-27-20-8-7-18(25)12-19(20)23(31)29-21-9-6-17(24)14-28-21/h2-9,12,14,27H,10-11,13H2,1H3,(H,28,29,31). The van der Waals surface area contributed by atoms with E-state index in [1.807, 2.05) is 31.3 Å². The second-order valence-electron chi connectivity index (χ2n) is 7.18. The van der Waals surface area contributed by atoms with Crippen LogP contribution in [0.15, 0.2) is 65.8 Å². The molecule has 0 saturated carbocycles. The molecule has 1 aliphatic heterocycles. The summed E-state index contributed by atoms with van der Waals surface area (Å²) in [6.45, 7) is 2.23. The first kappa shape index (κ1) is 20.8. The quantitative estimate of drug-likeness (QED) is 0.598. The summed E-state index contributed by atoms with van der Waals surface area (Å²) in [5.74, 6) is 0.368. The number of nitrogens with zero attached hydrogens (tertiary/aromatic N) is 3. The molecule has 8 heteroatoms. The van der Waals surface area contributed by atoms with Crippen molar-refractivity contribution in [1.82, 2.24) is 9.88 Å². The van der Waals surface area contributed by atoms with E-state index >= 15 is 0 Å². The van der Waals surface area contributed by atoms with Gasteiger partial charge in [0, 0.05) is 37.6 Å². The van der Waals surface area contributed by atoms with E-state index in [-0.39, 0.29) is 5.56 Å². The summed E-state index contributed by atoms with van der Waals surface area (Å²) in [4.78, 5) is 23.4. The minimum Gasteiger partial charge on any atom is -0.380 e. The first-order chi connectivity index (χ1) is 15.0. The summed E-state index contributed by atoms with van der Waals surface area (Å²) < 4.78 is 13.8. The number of aliphatic imine (C=N–C) groups is 1. The average molecular weight is 438 g/mol. The normalized spacial score (nSPS) is 13.1. The lowest BCUT2D eigenvalue weighted by Crippen LogP contribution is -2.23. The van der Waals surface area contributed by atoms with Gasteiger partial charge in [-0.2, -0.15) is 0 Å². The number of carbonyl (C=O) groups is 1. The Balaban J connectivity index is 1.46. The molecule has 4 rings (SSSR count). The van der Waals surface area contributed by atoms with Crippen LogP contribution >= 0.6 is 11.6 Å². The zero-order valence-corrected chi connectivity index (χ0v) is 17.7. The van der Waals surface area contributed by atoms with Crippen molar-refractivity contribution in [3.63, 3.8) is 0 Å². The van der Waals surface area contributed by atoms with Crippen LogP contribution in [0.5, 0.6) is 0 Å². The van der Waals surface area contributed by atoms with E-state index in [4.69, 9.17) is 11.6 Å². The number of pyridine rings is 1. The van der Waals surface area contributed by atoms with Crippen molar-refractivity contribution in [2.45, 2.75) is 6.54 Å². The molecule has 0 radical (unpaired) electrons. The van der Waals surface area contributed by atoms with Crippen molar-refractivity contribution >= 4 is 34.8 Å². The minimum atomic E-state index is -0.495. The molecule has 6 nitrogen and oxygen atoms in total. The van der Waals surface area contributed by atoms with Crippen LogP contribution in [0, 0.1) is 5.82 Å². The Hall–Kier alpha value is -3.45. The van der Waals surface area contributed by atoms with Gasteiger partial charge in [-0.25, -0.2) is 9.37 Å². The van der Waals surface area contributed by atoms with Crippen LogP contribution in [0.4, 0.5) is 15.9 Å². The lowest BCUT2D eigenvalue weighted by atomic mass is 10.1. The maximum atomic E-state index is 13.8. The van der Waals surface area contributed by atoms with Crippen LogP contribution in [0.25, 0.3) is 0 Å². The topological polar surface area (TPSA) is 69.6 Å². The molecule has 2 heterocycles. The first-order valence-corrected chi connectivity index (χ1v) is 10.2. The minimum absolute atomic E-state index is 0.190. The monoisotopic (exact) mass is 437 g/mol. The van der Waals surface area contributed by atoms with Gasteiger partial charge in [0.05, 0.1) is 17.1 Å². The number of hydrogen-bond donors (Lipinski definition) is 2. The van der Waals surface area contributed by atoms with Gasteiger partial charge in [-0.3, -0.25) is 9.79 Å². The number of anilines is 2. The van der Waals surface area contributed by atoms with Crippen LogP contribution < -0.4 is 10.6 Å². The van der Waals surface area contributed by atoms with E-state index in [2.05, 4.69) is 25.5 Å². The molecule has 0 atom stereocenters. The maximum absolute atomic E-state index is 13.8. The van der Waals surface area contributed by atoms with Crippen LogP contribution in [0.3, 0.4) is 0 Å². The Labute approximate surface area is 184 Å². The molecule has 31 heavy (non-hydrogen) atoms. The highest BCUT2D eigenvalue weighted by Gasteiger charge is 2.15. The smallest absolute Gasteiger partial charge is 0.259 e. The van der Waals surface area contributed by atoms with E-state index < -0.39 is 11.7 Å². The number of carbonyl (C=O) groups excluding carboxylic acids is 1. The largest absolute Gasteiger partial charge is 0.380 e. The van der Waals surface area contributed by atoms with Crippen molar-refractivity contribution in [3.8, 4) is 0 Å². The third-order valence-corrected chi connectivity index (χ3v) is 5.17. The van der Waals surface area contributed by atoms with Gasteiger partial charge in [0.25, 0.3) is 5.91 Å². The van der Waals surface area contributed by atoms with E-state index in [0.29, 0.717) is 23.1 Å². The number of rotatable bonds is 6. The fraction of sp³-hybridized carbons (Fsp3) is 0.174. The Morgan fingerprint density at radius 3 is 2.65 bits per heavy atom. The van der Waals surface area contributed by atoms with Crippen molar-refractivity contribution in [1.29, 1.82) is 0 Å². The summed E-state index contributed by atoms with van der Waals surface area (Å²) in [5.41, 5.74) is 2.81. The van der Waals surface area contributed by atoms with E-state index in [1.54, 1.807) is 18.2 Å². The van der Waals surface area contributed by atoms with Gasteiger partial charge in [-0.15, -0.1) is 0 Å². The molecule has 3 aromatic rings. The molecule has 0 saturated heterocycles. The number of aromatic nitrogens is 1. The molecule has 0 spiro atoms. The van der Waals surface area contributed by atoms with Gasteiger partial charge in [-0.1, -0.05) is 35.9 Å². The summed E-state index contributed by atoms with van der Waals surface area (Å²) in [6, 6.07) is 15.4. The third-order valence-electron chi connectivity index (χ3n) is 4.95. The van der Waals surface area contributed by atoms with Gasteiger partial charge >= 0.3 is 0 Å². The number of benzene rings is 2. The second kappa shape index (κ2) is 9.14. The Morgan fingerprint density at radius 1 is 1.16 bits per heavy atom. The number of likely N-dealkylation sites (N-methyl/N-ethyl adjacent to an activating group) is 1. The van der Waals surface area contributed by atoms with Crippen molar-refractivity contribution in [2.24, 2.45) is 4.99 Å². The highest BCUT2D eigenvalue weighted by atomic mass is 35.5. The SMILES string of the molecule is CN1CCN=C1c1ccc(CNc2ccc(F)cc2C(=O)Nc2ccc(Cl)cn2)cc1. The lowest BCUT2D eigenvalue weighted by molar-refractivity contribution is 0.102. The van der Waals surface area contributed by atoms with Crippen LogP contribution in [0.2, 0.25) is 5.02 Å². The van der Waals surface area contributed by atoms with Gasteiger partial charge in [-0.05, 0) is 35.9 Å². The molecule has 1 aromatic heterocycles. The molecule has 0 aliphatic carbocycles. The number of hydrogen-bond acceptors (Lipinski definition) is 5. The fourth-order valence-electron chi connectivity index (χ4n) is 3.31. The highest BCUT2D eigenvalue weighted by molar-refractivity contribution is 6.30. The van der Waals surface area contributed by atoms with Crippen molar-refractivity contribution in [3.05, 3.63) is 88.3 Å². The number of nitrogens with one attached hydrogen (secondary N) is 2. The molecule has 0 unspecified atom stereocenters. The van der Waals surface area contributed by atoms with Crippen LogP contribution in [-0.4, -0.2) is 41.8 Å². The predicted molar refractivity (Wildman–Crippen MR) is 121 cm³/mol. The molecule has 1 aliphatic rings. The Bertz CT molecular complexity index is 1120. The van der Waals surface area contributed by atoms with Gasteiger partial charge in [0.2, 0.25) is 0 Å². The van der Waals surface area contributed by atoms with Gasteiger partial charge in [0.1, 0.15) is 17.5 Å². The highest BCUT2D eigenvalue weighted by Crippen LogP contribution is 2.20. The average Bonchev–Trinajstić information content (AvgIpc) is 3.20. The fourth-order valence-corrected chi connectivity index (χ4v) is 3.42. The van der Waals surface area contributed by atoms with Crippen LogP contribution in [-0.2, 0) is 6.54 Å². The summed E-state index contributed by atoms with van der Waals surface area (Å²) in [5, 5.41) is 6.34. The number of amides is 1. The van der Waals surface area contributed by atoms with E-state index in [9.17, 15) is 9.18 Å². The third kappa shape index (κ3) is 5.00. The summed E-state index contributed by atoms with van der Waals surface area (Å²) >= 11 is 5.82. The van der Waals surface area contributed by atoms with Crippen molar-refractivity contribution < 1.29 is 9.18 Å². The zero-order chi connectivity index (χ0) is 21.8. The van der Waals surface area contributed by atoms with Crippen LogP contribution in [0.1, 0.15) is 21.5 Å². The van der Waals surface area contributed by atoms with Gasteiger partial charge in [0.15, 0.2) is 0 Å². The molecule has 1 amide bonds. The molecule has 0 fully saturated rings. The van der Waals surface area contributed by atoms with E-state index in [0.717, 1.165) is 30.1 Å². The molecular formula is C23H21ClFN5O. The second-order valence-corrected chi connectivity index (χ2v) is 7.62. The predicted octanol–water partition coefficient (Wildman–Crippen LogP) is 4.43. The molecule has 158 valence electrons. The van der Waals surface area contributed by atoms with Crippen molar-refractivity contribution in [2.75, 3.05) is 30.8 Å². The summed E-state index contributed by atoms with van der Waals surface area (Å²) in [7, 11) is 2.03.